The van der Waals surface area contributed by atoms with Crippen molar-refractivity contribution in [3.8, 4) is 0 Å². The Balaban J connectivity index is 2.66. The number of carbonyl (C=O) groups is 1. The molecule has 0 spiro atoms. The normalized spacial score (nSPS) is 25.7. The summed E-state index contributed by atoms with van der Waals surface area (Å²) >= 11 is 0. The molecule has 0 aromatic heterocycles. The number of likely N-dealkylation sites (tertiary alicyclic amines) is 1. The van der Waals surface area contributed by atoms with Crippen molar-refractivity contribution in [3.63, 3.8) is 0 Å². The van der Waals surface area contributed by atoms with Crippen LogP contribution in [0.15, 0.2) is 0 Å². The van der Waals surface area contributed by atoms with Gasteiger partial charge in [0.25, 0.3) is 0 Å². The van der Waals surface area contributed by atoms with E-state index in [-0.39, 0.29) is 5.91 Å². The molecule has 0 N–H and O–H groups in total. The highest BCUT2D eigenvalue weighted by atomic mass is 16.2. The molecule has 0 aromatic carbocycles. The standard InChI is InChI=1S/C15H29NO/c1-11(2)7-13-9-16(12(3)17)10-14(13)8-15(4,5)6/h11,13-14H,7-10H2,1-6H3. The maximum atomic E-state index is 11.5. The Labute approximate surface area is 107 Å². The topological polar surface area (TPSA) is 20.3 Å². The van der Waals surface area contributed by atoms with Gasteiger partial charge in [0.2, 0.25) is 5.91 Å². The Bertz CT molecular complexity index is 265. The zero-order valence-electron chi connectivity index (χ0n) is 12.4. The first-order chi connectivity index (χ1) is 7.69. The second-order valence-corrected chi connectivity index (χ2v) is 7.34. The van der Waals surface area contributed by atoms with E-state index in [0.717, 1.165) is 19.0 Å². The lowest BCUT2D eigenvalue weighted by molar-refractivity contribution is -0.128. The molecule has 2 heteroatoms. The summed E-state index contributed by atoms with van der Waals surface area (Å²) in [6.45, 7) is 15.1. The molecule has 0 saturated carbocycles. The number of carbonyl (C=O) groups excluding carboxylic acids is 1. The molecule has 1 aliphatic heterocycles. The van der Waals surface area contributed by atoms with Gasteiger partial charge in [-0.1, -0.05) is 34.6 Å². The highest BCUT2D eigenvalue weighted by Gasteiger charge is 2.36. The predicted molar refractivity (Wildman–Crippen MR) is 72.8 cm³/mol. The van der Waals surface area contributed by atoms with E-state index in [1.165, 1.54) is 12.8 Å². The van der Waals surface area contributed by atoms with Crippen molar-refractivity contribution in [2.45, 2.75) is 54.4 Å². The molecule has 100 valence electrons. The monoisotopic (exact) mass is 239 g/mol. The van der Waals surface area contributed by atoms with Gasteiger partial charge < -0.3 is 4.90 Å². The SMILES string of the molecule is CC(=O)N1CC(CC(C)C)C(CC(C)(C)C)C1. The third-order valence-electron chi connectivity index (χ3n) is 3.67. The van der Waals surface area contributed by atoms with Gasteiger partial charge in [-0.05, 0) is 36.0 Å². The lowest BCUT2D eigenvalue weighted by Gasteiger charge is -2.27. The minimum atomic E-state index is 0.246. The average Bonchev–Trinajstić information content (AvgIpc) is 2.44. The lowest BCUT2D eigenvalue weighted by Crippen LogP contribution is -2.26. The lowest BCUT2D eigenvalue weighted by atomic mass is 9.78. The summed E-state index contributed by atoms with van der Waals surface area (Å²) in [5.41, 5.74) is 0.368. The summed E-state index contributed by atoms with van der Waals surface area (Å²) in [4.78, 5) is 13.6. The van der Waals surface area contributed by atoms with Crippen molar-refractivity contribution in [1.82, 2.24) is 4.90 Å². The van der Waals surface area contributed by atoms with Gasteiger partial charge in [-0.15, -0.1) is 0 Å². The molecule has 1 fully saturated rings. The van der Waals surface area contributed by atoms with E-state index >= 15 is 0 Å². The zero-order chi connectivity index (χ0) is 13.2. The van der Waals surface area contributed by atoms with Gasteiger partial charge in [-0.25, -0.2) is 0 Å². The molecular formula is C15H29NO. The Kier molecular flexibility index (Phi) is 4.62. The third-order valence-corrected chi connectivity index (χ3v) is 3.67. The smallest absolute Gasteiger partial charge is 0.219 e. The average molecular weight is 239 g/mol. The van der Waals surface area contributed by atoms with Crippen LogP contribution < -0.4 is 0 Å². The van der Waals surface area contributed by atoms with Crippen LogP contribution in [-0.4, -0.2) is 23.9 Å². The van der Waals surface area contributed by atoms with E-state index in [0.29, 0.717) is 17.3 Å². The quantitative estimate of drug-likeness (QED) is 0.737. The minimum Gasteiger partial charge on any atom is -0.342 e. The summed E-state index contributed by atoms with van der Waals surface area (Å²) in [6, 6.07) is 0. The van der Waals surface area contributed by atoms with Crippen LogP contribution in [0.2, 0.25) is 0 Å². The second-order valence-electron chi connectivity index (χ2n) is 7.34. The van der Waals surface area contributed by atoms with Gasteiger partial charge in [0, 0.05) is 20.0 Å². The molecule has 1 saturated heterocycles. The molecular weight excluding hydrogens is 210 g/mol. The number of amides is 1. The summed E-state index contributed by atoms with van der Waals surface area (Å²) < 4.78 is 0. The van der Waals surface area contributed by atoms with Crippen molar-refractivity contribution in [2.24, 2.45) is 23.2 Å². The highest BCUT2D eigenvalue weighted by Crippen LogP contribution is 2.37. The number of nitrogens with zero attached hydrogens (tertiary/aromatic N) is 1. The van der Waals surface area contributed by atoms with Crippen LogP contribution in [0, 0.1) is 23.2 Å². The molecule has 0 radical (unpaired) electrons. The van der Waals surface area contributed by atoms with Gasteiger partial charge in [0.05, 0.1) is 0 Å². The maximum Gasteiger partial charge on any atom is 0.219 e. The molecule has 0 bridgehead atoms. The first-order valence-electron chi connectivity index (χ1n) is 6.94. The summed E-state index contributed by atoms with van der Waals surface area (Å²) in [5, 5.41) is 0. The van der Waals surface area contributed by atoms with Crippen LogP contribution in [0.3, 0.4) is 0 Å². The van der Waals surface area contributed by atoms with E-state index in [1.54, 1.807) is 6.92 Å². The fourth-order valence-corrected chi connectivity index (χ4v) is 3.09. The van der Waals surface area contributed by atoms with Crippen molar-refractivity contribution in [2.75, 3.05) is 13.1 Å². The van der Waals surface area contributed by atoms with E-state index in [4.69, 9.17) is 0 Å². The van der Waals surface area contributed by atoms with Crippen molar-refractivity contribution >= 4 is 5.91 Å². The van der Waals surface area contributed by atoms with Gasteiger partial charge in [-0.3, -0.25) is 4.79 Å². The van der Waals surface area contributed by atoms with Crippen LogP contribution in [0.5, 0.6) is 0 Å². The zero-order valence-corrected chi connectivity index (χ0v) is 12.4. The second kappa shape index (κ2) is 5.41. The van der Waals surface area contributed by atoms with Crippen molar-refractivity contribution < 1.29 is 4.79 Å². The van der Waals surface area contributed by atoms with E-state index < -0.39 is 0 Å². The fourth-order valence-electron chi connectivity index (χ4n) is 3.09. The van der Waals surface area contributed by atoms with Gasteiger partial charge >= 0.3 is 0 Å². The van der Waals surface area contributed by atoms with Crippen LogP contribution in [-0.2, 0) is 4.79 Å². The molecule has 0 aliphatic carbocycles. The molecule has 2 unspecified atom stereocenters. The fraction of sp³-hybridized carbons (Fsp3) is 0.933. The molecule has 1 rings (SSSR count). The van der Waals surface area contributed by atoms with E-state index in [2.05, 4.69) is 34.6 Å². The van der Waals surface area contributed by atoms with Crippen LogP contribution in [0.25, 0.3) is 0 Å². The van der Waals surface area contributed by atoms with Crippen molar-refractivity contribution in [3.05, 3.63) is 0 Å². The number of hydrogen-bond acceptors (Lipinski definition) is 1. The molecule has 1 amide bonds. The first kappa shape index (κ1) is 14.5. The summed E-state index contributed by atoms with van der Waals surface area (Å²) in [6.07, 6.45) is 2.48. The molecule has 1 aliphatic rings. The molecule has 2 nitrogen and oxygen atoms in total. The van der Waals surface area contributed by atoms with Gasteiger partial charge in [-0.2, -0.15) is 0 Å². The minimum absolute atomic E-state index is 0.246. The Hall–Kier alpha value is -0.530. The number of hydrogen-bond donors (Lipinski definition) is 0. The summed E-state index contributed by atoms with van der Waals surface area (Å²) in [7, 11) is 0. The van der Waals surface area contributed by atoms with Gasteiger partial charge in [0.1, 0.15) is 0 Å². The first-order valence-corrected chi connectivity index (χ1v) is 6.94. The van der Waals surface area contributed by atoms with Crippen LogP contribution in [0.1, 0.15) is 54.4 Å². The highest BCUT2D eigenvalue weighted by molar-refractivity contribution is 5.73. The summed E-state index contributed by atoms with van der Waals surface area (Å²) in [5.74, 6) is 2.38. The number of rotatable bonds is 3. The Morgan fingerprint density at radius 2 is 1.76 bits per heavy atom. The molecule has 17 heavy (non-hydrogen) atoms. The van der Waals surface area contributed by atoms with E-state index in [9.17, 15) is 4.79 Å². The maximum absolute atomic E-state index is 11.5. The van der Waals surface area contributed by atoms with Crippen LogP contribution >= 0.6 is 0 Å². The van der Waals surface area contributed by atoms with Gasteiger partial charge in [0.15, 0.2) is 0 Å². The predicted octanol–water partition coefficient (Wildman–Crippen LogP) is 3.56. The molecule has 1 heterocycles. The molecule has 2 atom stereocenters. The Morgan fingerprint density at radius 3 is 2.18 bits per heavy atom. The van der Waals surface area contributed by atoms with Crippen molar-refractivity contribution in [1.29, 1.82) is 0 Å². The van der Waals surface area contributed by atoms with E-state index in [1.807, 2.05) is 4.90 Å². The Morgan fingerprint density at radius 1 is 1.24 bits per heavy atom. The molecule has 0 aromatic rings. The third kappa shape index (κ3) is 4.69. The van der Waals surface area contributed by atoms with Crippen LogP contribution in [0.4, 0.5) is 0 Å². The largest absolute Gasteiger partial charge is 0.342 e.